The Morgan fingerprint density at radius 1 is 0.800 bits per heavy atom. The Morgan fingerprint density at radius 3 is 1.80 bits per heavy atom. The van der Waals surface area contributed by atoms with Gasteiger partial charge in [0.1, 0.15) is 5.66 Å². The summed E-state index contributed by atoms with van der Waals surface area (Å²) in [6, 6.07) is 0. The molecule has 0 spiro atoms. The predicted molar refractivity (Wildman–Crippen MR) is 81.1 cm³/mol. The van der Waals surface area contributed by atoms with Gasteiger partial charge in [-0.2, -0.15) is 0 Å². The predicted octanol–water partition coefficient (Wildman–Crippen LogP) is -4.47. The minimum Gasteiger partial charge on any atom is -0.330 e. The van der Waals surface area contributed by atoms with Crippen molar-refractivity contribution in [1.82, 2.24) is 15.8 Å². The van der Waals surface area contributed by atoms with Gasteiger partial charge in [0.05, 0.1) is 0 Å². The fourth-order valence-corrected chi connectivity index (χ4v) is 1.53. The van der Waals surface area contributed by atoms with Crippen LogP contribution in [0.15, 0.2) is 0 Å². The van der Waals surface area contributed by atoms with Gasteiger partial charge in [-0.15, -0.1) is 5.12 Å². The van der Waals surface area contributed by atoms with Gasteiger partial charge in [-0.3, -0.25) is 23.2 Å². The summed E-state index contributed by atoms with van der Waals surface area (Å²) >= 11 is 0. The van der Waals surface area contributed by atoms with Gasteiger partial charge in [-0.25, -0.2) is 0 Å². The highest BCUT2D eigenvalue weighted by Crippen LogP contribution is 2.04. The molecule has 10 heteroatoms. The number of rotatable bonds is 12. The molecule has 0 aromatic carbocycles. The second-order valence-corrected chi connectivity index (χ2v) is 5.05. The Bertz CT molecular complexity index is 242. The van der Waals surface area contributed by atoms with Gasteiger partial charge in [0.25, 0.3) is 0 Å². The Hall–Kier alpha value is -0.400. The van der Waals surface area contributed by atoms with Crippen molar-refractivity contribution in [1.29, 1.82) is 0 Å². The van der Waals surface area contributed by atoms with Crippen LogP contribution in [0.25, 0.3) is 0 Å². The number of unbranched alkanes of at least 4 members (excludes halogenated alkanes) is 1. The summed E-state index contributed by atoms with van der Waals surface area (Å²) in [5.74, 6) is 8.94. The molecule has 122 valence electrons. The van der Waals surface area contributed by atoms with Gasteiger partial charge in [0, 0.05) is 6.54 Å². The van der Waals surface area contributed by atoms with Crippen molar-refractivity contribution in [3.05, 3.63) is 0 Å². The molecule has 0 bridgehead atoms. The lowest BCUT2D eigenvalue weighted by molar-refractivity contribution is 0.0216. The Kier molecular flexibility index (Phi) is 9.33. The van der Waals surface area contributed by atoms with E-state index in [-0.39, 0.29) is 6.54 Å². The first-order valence-electron chi connectivity index (χ1n) is 6.82. The van der Waals surface area contributed by atoms with E-state index in [1.54, 1.807) is 0 Å². The van der Waals surface area contributed by atoms with Crippen LogP contribution < -0.4 is 51.0 Å². The van der Waals surface area contributed by atoms with Crippen molar-refractivity contribution in [2.45, 2.75) is 30.7 Å². The number of nitrogens with zero attached hydrogens (tertiary/aromatic N) is 1. The summed E-state index contributed by atoms with van der Waals surface area (Å²) in [6.07, 6.45) is 3.00. The minimum absolute atomic E-state index is 0.200. The summed E-state index contributed by atoms with van der Waals surface area (Å²) in [5.41, 5.74) is 27.0. The average molecular weight is 292 g/mol. The topological polar surface area (TPSA) is 209 Å². The molecular formula is C10H32N10. The molecule has 20 heavy (non-hydrogen) atoms. The zero-order valence-corrected chi connectivity index (χ0v) is 12.1. The molecule has 0 aliphatic rings. The first kappa shape index (κ1) is 19.6. The molecule has 0 radical (unpaired) electrons. The third-order valence-corrected chi connectivity index (χ3v) is 3.11. The molecule has 0 aromatic rings. The molecule has 0 rings (SSSR count). The largest absolute Gasteiger partial charge is 0.330 e. The van der Waals surface area contributed by atoms with Gasteiger partial charge < -0.3 is 27.8 Å². The number of hydrogen-bond donors (Lipinski definition) is 9. The molecule has 0 fully saturated rings. The highest BCUT2D eigenvalue weighted by Gasteiger charge is 2.43. The van der Waals surface area contributed by atoms with E-state index in [2.05, 4.69) is 10.6 Å². The van der Waals surface area contributed by atoms with Crippen LogP contribution in [0.2, 0.25) is 0 Å². The van der Waals surface area contributed by atoms with Gasteiger partial charge in [0.15, 0.2) is 5.79 Å². The first-order chi connectivity index (χ1) is 9.25. The summed E-state index contributed by atoms with van der Waals surface area (Å²) in [4.78, 5) is 0. The maximum absolute atomic E-state index is 5.83. The van der Waals surface area contributed by atoms with E-state index >= 15 is 0 Å². The highest BCUT2D eigenvalue weighted by molar-refractivity contribution is 4.97. The summed E-state index contributed by atoms with van der Waals surface area (Å²) in [7, 11) is 0. The molecule has 0 atom stereocenters. The number of hydrogen-bond acceptors (Lipinski definition) is 10. The highest BCUT2D eigenvalue weighted by atomic mass is 15.7. The average Bonchev–Trinajstić information content (AvgIpc) is 2.36. The van der Waals surface area contributed by atoms with Crippen LogP contribution in [0.3, 0.4) is 0 Å². The zero-order valence-electron chi connectivity index (χ0n) is 12.1. The molecule has 16 N–H and O–H groups in total. The number of nitrogens with one attached hydrogen (secondary N) is 2. The minimum atomic E-state index is -1.70. The molecule has 0 saturated carbocycles. The van der Waals surface area contributed by atoms with Crippen LogP contribution in [-0.4, -0.2) is 49.3 Å². The zero-order chi connectivity index (χ0) is 15.6. The number of nitrogens with two attached hydrogens (primary N) is 7. The van der Waals surface area contributed by atoms with Gasteiger partial charge in [-0.1, -0.05) is 0 Å². The van der Waals surface area contributed by atoms with E-state index in [0.29, 0.717) is 11.7 Å². The maximum Gasteiger partial charge on any atom is 0.180 e. The van der Waals surface area contributed by atoms with E-state index < -0.39 is 11.4 Å². The second-order valence-electron chi connectivity index (χ2n) is 5.05. The standard InChI is InChI=1S/C10H32N10/c11-4-3-7-18-5-1-2-6-19-8-9(12,13)10(14,15)20(16)17/h18-19H,1-8,11-17H2. The van der Waals surface area contributed by atoms with Crippen molar-refractivity contribution < 1.29 is 0 Å². The molecule has 0 aliphatic carbocycles. The fraction of sp³-hybridized carbons (Fsp3) is 1.00. The van der Waals surface area contributed by atoms with Crippen LogP contribution in [0.4, 0.5) is 0 Å². The molecule has 0 heterocycles. The monoisotopic (exact) mass is 292 g/mol. The smallest absolute Gasteiger partial charge is 0.180 e. The van der Waals surface area contributed by atoms with Crippen LogP contribution in [-0.2, 0) is 0 Å². The number of hydrazine groups is 2. The molecular weight excluding hydrogens is 260 g/mol. The first-order valence-corrected chi connectivity index (χ1v) is 6.82. The van der Waals surface area contributed by atoms with Crippen LogP contribution in [0, 0.1) is 0 Å². The summed E-state index contributed by atoms with van der Waals surface area (Å²) in [6.45, 7) is 3.56. The van der Waals surface area contributed by atoms with Gasteiger partial charge >= 0.3 is 0 Å². The Balaban J connectivity index is 3.69. The van der Waals surface area contributed by atoms with Crippen LogP contribution in [0.1, 0.15) is 19.3 Å². The summed E-state index contributed by atoms with van der Waals surface area (Å²) in [5, 5.41) is 7.01. The van der Waals surface area contributed by atoms with E-state index in [0.717, 1.165) is 38.9 Å². The van der Waals surface area contributed by atoms with E-state index in [1.165, 1.54) is 0 Å². The van der Waals surface area contributed by atoms with Gasteiger partial charge in [0.2, 0.25) is 0 Å². The van der Waals surface area contributed by atoms with Crippen molar-refractivity contribution in [2.75, 3.05) is 32.7 Å². The van der Waals surface area contributed by atoms with Crippen LogP contribution >= 0.6 is 0 Å². The van der Waals surface area contributed by atoms with Crippen molar-refractivity contribution in [2.24, 2.45) is 40.4 Å². The van der Waals surface area contributed by atoms with Crippen molar-refractivity contribution >= 4 is 0 Å². The molecule has 0 unspecified atom stereocenters. The van der Waals surface area contributed by atoms with E-state index in [1.807, 2.05) is 0 Å². The SMILES string of the molecule is NCCCNCCCCNCC(N)(N)C(N)(N)N(N)N. The quantitative estimate of drug-likeness (QED) is 0.0728. The Morgan fingerprint density at radius 2 is 1.30 bits per heavy atom. The lowest BCUT2D eigenvalue weighted by Gasteiger charge is -2.43. The second kappa shape index (κ2) is 9.52. The third-order valence-electron chi connectivity index (χ3n) is 3.11. The fourth-order valence-electron chi connectivity index (χ4n) is 1.53. The van der Waals surface area contributed by atoms with Crippen molar-refractivity contribution in [3.8, 4) is 0 Å². The molecule has 0 amide bonds. The van der Waals surface area contributed by atoms with Gasteiger partial charge in [-0.05, 0) is 45.4 Å². The lowest BCUT2D eigenvalue weighted by Crippen LogP contribution is -2.87. The molecule has 10 nitrogen and oxygen atoms in total. The van der Waals surface area contributed by atoms with E-state index in [9.17, 15) is 0 Å². The molecule has 0 aromatic heterocycles. The molecule has 0 aliphatic heterocycles. The normalized spacial score (nSPS) is 13.2. The maximum atomic E-state index is 5.83. The Labute approximate surface area is 120 Å². The van der Waals surface area contributed by atoms with Crippen molar-refractivity contribution in [3.63, 3.8) is 0 Å². The van der Waals surface area contributed by atoms with E-state index in [4.69, 9.17) is 40.4 Å². The van der Waals surface area contributed by atoms with Crippen LogP contribution in [0.5, 0.6) is 0 Å². The third kappa shape index (κ3) is 6.85. The lowest BCUT2D eigenvalue weighted by atomic mass is 10.0. The molecule has 0 saturated heterocycles. The summed E-state index contributed by atoms with van der Waals surface area (Å²) < 4.78 is 0.